The van der Waals surface area contributed by atoms with E-state index in [0.717, 1.165) is 32.5 Å². The Balaban J connectivity index is 2.22. The number of carboxylic acid groups (broad SMARTS) is 1. The van der Waals surface area contributed by atoms with Crippen molar-refractivity contribution in [2.45, 2.75) is 43.9 Å². The molecule has 6 heteroatoms. The van der Waals surface area contributed by atoms with Gasteiger partial charge in [-0.1, -0.05) is 0 Å². The lowest BCUT2D eigenvalue weighted by atomic mass is 9.96. The minimum atomic E-state index is -1.12. The first-order chi connectivity index (χ1) is 8.90. The predicted octanol–water partition coefficient (Wildman–Crippen LogP) is 0.304. The van der Waals surface area contributed by atoms with Crippen molar-refractivity contribution in [3.8, 4) is 0 Å². The Morgan fingerprint density at radius 1 is 1.32 bits per heavy atom. The molecule has 0 spiro atoms. The summed E-state index contributed by atoms with van der Waals surface area (Å²) in [5.74, 6) is -0.937. The maximum atomic E-state index is 10.9. The van der Waals surface area contributed by atoms with Crippen molar-refractivity contribution in [3.05, 3.63) is 0 Å². The van der Waals surface area contributed by atoms with Crippen molar-refractivity contribution in [2.24, 2.45) is 5.73 Å². The lowest BCUT2D eigenvalue weighted by Crippen LogP contribution is -2.44. The van der Waals surface area contributed by atoms with Gasteiger partial charge in [0.25, 0.3) is 0 Å². The standard InChI is InChI=1S/C13H26N2O4/c1-13(14,12(16)17)6-4-5-7-15-8-10(18-2)11(9-15)19-3/h10-11H,4-9,14H2,1-3H3,(H,16,17). The molecule has 1 fully saturated rings. The number of methoxy groups -OCH3 is 2. The minimum Gasteiger partial charge on any atom is -0.480 e. The fourth-order valence-electron chi connectivity index (χ4n) is 2.39. The second kappa shape index (κ2) is 7.19. The summed E-state index contributed by atoms with van der Waals surface area (Å²) in [6.07, 6.45) is 2.50. The predicted molar refractivity (Wildman–Crippen MR) is 72.1 cm³/mol. The summed E-state index contributed by atoms with van der Waals surface area (Å²) in [6, 6.07) is 0. The molecule has 1 heterocycles. The third-order valence-corrected chi connectivity index (χ3v) is 3.81. The highest BCUT2D eigenvalue weighted by Crippen LogP contribution is 2.17. The van der Waals surface area contributed by atoms with Crippen LogP contribution >= 0.6 is 0 Å². The lowest BCUT2D eigenvalue weighted by Gasteiger charge is -2.20. The zero-order valence-electron chi connectivity index (χ0n) is 12.1. The SMILES string of the molecule is COC1CN(CCCCC(C)(N)C(=O)O)CC1OC. The van der Waals surface area contributed by atoms with Crippen LogP contribution in [0.3, 0.4) is 0 Å². The highest BCUT2D eigenvalue weighted by Gasteiger charge is 2.32. The molecule has 3 N–H and O–H groups in total. The number of nitrogens with two attached hydrogens (primary N) is 1. The number of carboxylic acids is 1. The van der Waals surface area contributed by atoms with Crippen molar-refractivity contribution < 1.29 is 19.4 Å². The summed E-state index contributed by atoms with van der Waals surface area (Å²) in [4.78, 5) is 13.2. The van der Waals surface area contributed by atoms with E-state index in [0.29, 0.717) is 6.42 Å². The topological polar surface area (TPSA) is 85.0 Å². The first-order valence-electron chi connectivity index (χ1n) is 6.71. The molecule has 0 aromatic carbocycles. The molecular formula is C13H26N2O4. The van der Waals surface area contributed by atoms with Crippen LogP contribution in [-0.2, 0) is 14.3 Å². The molecule has 1 rings (SSSR count). The van der Waals surface area contributed by atoms with E-state index in [2.05, 4.69) is 4.90 Å². The molecule has 0 bridgehead atoms. The Morgan fingerprint density at radius 2 is 1.84 bits per heavy atom. The highest BCUT2D eigenvalue weighted by molar-refractivity contribution is 5.77. The summed E-state index contributed by atoms with van der Waals surface area (Å²) in [5, 5.41) is 8.92. The van der Waals surface area contributed by atoms with Gasteiger partial charge in [-0.3, -0.25) is 9.69 Å². The van der Waals surface area contributed by atoms with Crippen molar-refractivity contribution >= 4 is 5.97 Å². The number of nitrogens with zero attached hydrogens (tertiary/aromatic N) is 1. The number of aliphatic carboxylic acids is 1. The van der Waals surface area contributed by atoms with Gasteiger partial charge >= 0.3 is 5.97 Å². The van der Waals surface area contributed by atoms with Crippen LogP contribution in [0.5, 0.6) is 0 Å². The van der Waals surface area contributed by atoms with E-state index in [1.165, 1.54) is 0 Å². The van der Waals surface area contributed by atoms with E-state index in [9.17, 15) is 4.79 Å². The Kier molecular flexibility index (Phi) is 6.19. The van der Waals surface area contributed by atoms with Gasteiger partial charge in [-0.15, -0.1) is 0 Å². The molecule has 0 aromatic rings. The normalized spacial score (nSPS) is 27.4. The molecule has 112 valence electrons. The molecule has 0 aromatic heterocycles. The zero-order chi connectivity index (χ0) is 14.5. The largest absolute Gasteiger partial charge is 0.480 e. The first-order valence-corrected chi connectivity index (χ1v) is 6.71. The third-order valence-electron chi connectivity index (χ3n) is 3.81. The molecule has 0 amide bonds. The smallest absolute Gasteiger partial charge is 0.323 e. The minimum absolute atomic E-state index is 0.129. The van der Waals surface area contributed by atoms with Gasteiger partial charge in [0.1, 0.15) is 5.54 Å². The average molecular weight is 274 g/mol. The number of rotatable bonds is 8. The van der Waals surface area contributed by atoms with Gasteiger partial charge in [0.05, 0.1) is 12.2 Å². The van der Waals surface area contributed by atoms with Crippen LogP contribution in [0, 0.1) is 0 Å². The number of ether oxygens (including phenoxy) is 2. The number of unbranched alkanes of at least 4 members (excludes halogenated alkanes) is 1. The van der Waals surface area contributed by atoms with Crippen LogP contribution in [0.25, 0.3) is 0 Å². The Morgan fingerprint density at radius 3 is 2.26 bits per heavy atom. The van der Waals surface area contributed by atoms with Crippen molar-refractivity contribution in [3.63, 3.8) is 0 Å². The van der Waals surface area contributed by atoms with Gasteiger partial charge in [-0.2, -0.15) is 0 Å². The summed E-state index contributed by atoms with van der Waals surface area (Å²) in [6.45, 7) is 4.23. The van der Waals surface area contributed by atoms with Crippen LogP contribution in [-0.4, -0.2) is 67.6 Å². The molecule has 3 unspecified atom stereocenters. The fraction of sp³-hybridized carbons (Fsp3) is 0.923. The lowest BCUT2D eigenvalue weighted by molar-refractivity contribution is -0.142. The van der Waals surface area contributed by atoms with Gasteiger partial charge < -0.3 is 20.3 Å². The number of likely N-dealkylation sites (tertiary alicyclic amines) is 1. The third kappa shape index (κ3) is 4.72. The summed E-state index contributed by atoms with van der Waals surface area (Å²) in [5.41, 5.74) is 4.57. The zero-order valence-corrected chi connectivity index (χ0v) is 12.1. The molecule has 0 radical (unpaired) electrons. The second-order valence-electron chi connectivity index (χ2n) is 5.49. The van der Waals surface area contributed by atoms with Crippen LogP contribution in [0.2, 0.25) is 0 Å². The molecule has 1 saturated heterocycles. The van der Waals surface area contributed by atoms with Gasteiger partial charge in [0.2, 0.25) is 0 Å². The number of hydrogen-bond acceptors (Lipinski definition) is 5. The number of carbonyl (C=O) groups is 1. The maximum absolute atomic E-state index is 10.9. The highest BCUT2D eigenvalue weighted by atomic mass is 16.5. The molecule has 1 aliphatic rings. The molecule has 6 nitrogen and oxygen atoms in total. The van der Waals surface area contributed by atoms with Crippen LogP contribution in [0.1, 0.15) is 26.2 Å². The Hall–Kier alpha value is -0.690. The van der Waals surface area contributed by atoms with Gasteiger partial charge in [-0.25, -0.2) is 0 Å². The van der Waals surface area contributed by atoms with Crippen LogP contribution in [0.4, 0.5) is 0 Å². The van der Waals surface area contributed by atoms with Crippen molar-refractivity contribution in [1.82, 2.24) is 4.90 Å². The van der Waals surface area contributed by atoms with Crippen LogP contribution in [0.15, 0.2) is 0 Å². The van der Waals surface area contributed by atoms with Gasteiger partial charge in [-0.05, 0) is 32.7 Å². The molecule has 0 saturated carbocycles. The van der Waals surface area contributed by atoms with E-state index in [1.54, 1.807) is 21.1 Å². The Labute approximate surface area is 114 Å². The summed E-state index contributed by atoms with van der Waals surface area (Å²) >= 11 is 0. The van der Waals surface area contributed by atoms with Gasteiger partial charge in [0.15, 0.2) is 0 Å². The monoisotopic (exact) mass is 274 g/mol. The summed E-state index contributed by atoms with van der Waals surface area (Å²) in [7, 11) is 3.40. The second-order valence-corrected chi connectivity index (χ2v) is 5.49. The van der Waals surface area contributed by atoms with Crippen LogP contribution < -0.4 is 5.73 Å². The van der Waals surface area contributed by atoms with E-state index in [-0.39, 0.29) is 12.2 Å². The fourth-order valence-corrected chi connectivity index (χ4v) is 2.39. The number of hydrogen-bond donors (Lipinski definition) is 2. The van der Waals surface area contributed by atoms with E-state index >= 15 is 0 Å². The molecule has 1 aliphatic heterocycles. The maximum Gasteiger partial charge on any atom is 0.323 e. The molecular weight excluding hydrogens is 248 g/mol. The quantitative estimate of drug-likeness (QED) is 0.619. The molecule has 3 atom stereocenters. The first kappa shape index (κ1) is 16.4. The van der Waals surface area contributed by atoms with E-state index in [1.807, 2.05) is 0 Å². The van der Waals surface area contributed by atoms with E-state index < -0.39 is 11.5 Å². The van der Waals surface area contributed by atoms with Gasteiger partial charge in [0, 0.05) is 27.3 Å². The van der Waals surface area contributed by atoms with E-state index in [4.69, 9.17) is 20.3 Å². The molecule has 19 heavy (non-hydrogen) atoms. The Bertz CT molecular complexity index is 284. The average Bonchev–Trinajstić information content (AvgIpc) is 2.76. The summed E-state index contributed by atoms with van der Waals surface area (Å²) < 4.78 is 10.7. The van der Waals surface area contributed by atoms with Crippen molar-refractivity contribution in [2.75, 3.05) is 33.9 Å². The molecule has 0 aliphatic carbocycles. The van der Waals surface area contributed by atoms with Crippen molar-refractivity contribution in [1.29, 1.82) is 0 Å².